The van der Waals surface area contributed by atoms with Crippen molar-refractivity contribution in [3.05, 3.63) is 82.9 Å². The number of aromatic nitrogens is 2. The van der Waals surface area contributed by atoms with Crippen LogP contribution in [0.3, 0.4) is 0 Å². The second kappa shape index (κ2) is 9.53. The van der Waals surface area contributed by atoms with E-state index in [1.807, 2.05) is 24.3 Å². The fourth-order valence-electron chi connectivity index (χ4n) is 3.16. The predicted octanol–water partition coefficient (Wildman–Crippen LogP) is 4.67. The highest BCUT2D eigenvalue weighted by Gasteiger charge is 2.12. The Kier molecular flexibility index (Phi) is 6.37. The van der Waals surface area contributed by atoms with E-state index in [-0.39, 0.29) is 24.7 Å². The van der Waals surface area contributed by atoms with E-state index in [1.165, 1.54) is 0 Å². The van der Waals surface area contributed by atoms with Crippen molar-refractivity contribution < 1.29 is 19.1 Å². The summed E-state index contributed by atoms with van der Waals surface area (Å²) in [5.74, 6) is 1.34. The number of Topliss-reactive ketones (excluding diaryl/α,β-unsaturated/α-hetero) is 1. The van der Waals surface area contributed by atoms with Crippen molar-refractivity contribution in [2.24, 2.45) is 0 Å². The van der Waals surface area contributed by atoms with Gasteiger partial charge in [-0.15, -0.1) is 0 Å². The van der Waals surface area contributed by atoms with Crippen LogP contribution >= 0.6 is 11.6 Å². The van der Waals surface area contributed by atoms with Gasteiger partial charge in [0.15, 0.2) is 18.2 Å². The molecule has 0 fully saturated rings. The van der Waals surface area contributed by atoms with Crippen molar-refractivity contribution in [1.29, 1.82) is 0 Å². The third-order valence-corrected chi connectivity index (χ3v) is 5.10. The highest BCUT2D eigenvalue weighted by molar-refractivity contribution is 6.30. The van der Waals surface area contributed by atoms with Crippen LogP contribution in [0.25, 0.3) is 10.9 Å². The number of carbonyl (C=O) groups excluding carboxylic acids is 2. The Morgan fingerprint density at radius 1 is 1.00 bits per heavy atom. The molecule has 7 nitrogen and oxygen atoms in total. The van der Waals surface area contributed by atoms with E-state index in [0.29, 0.717) is 27.7 Å². The molecule has 0 radical (unpaired) electrons. The molecule has 4 aromatic rings. The number of ketones is 1. The maximum atomic E-state index is 12.4. The van der Waals surface area contributed by atoms with E-state index < -0.39 is 0 Å². The summed E-state index contributed by atoms with van der Waals surface area (Å²) in [5, 5.41) is 11.2. The number of halogens is 1. The minimum absolute atomic E-state index is 0.104. The summed E-state index contributed by atoms with van der Waals surface area (Å²) in [6, 6.07) is 19.2. The highest BCUT2D eigenvalue weighted by atomic mass is 35.5. The van der Waals surface area contributed by atoms with Gasteiger partial charge in [-0.3, -0.25) is 14.7 Å². The largest absolute Gasteiger partial charge is 0.497 e. The fraction of sp³-hybridized carbons (Fsp3) is 0.125. The number of methoxy groups -OCH3 is 1. The van der Waals surface area contributed by atoms with E-state index in [9.17, 15) is 9.59 Å². The fourth-order valence-corrected chi connectivity index (χ4v) is 3.28. The van der Waals surface area contributed by atoms with Crippen molar-refractivity contribution in [3.8, 4) is 11.5 Å². The molecule has 0 saturated heterocycles. The lowest BCUT2D eigenvalue weighted by atomic mass is 10.1. The third-order valence-electron chi connectivity index (χ3n) is 4.85. The van der Waals surface area contributed by atoms with Crippen LogP contribution in [0.2, 0.25) is 5.02 Å². The molecular formula is C24H20ClN3O4. The molecule has 162 valence electrons. The summed E-state index contributed by atoms with van der Waals surface area (Å²) in [4.78, 5) is 24.7. The Bertz CT molecular complexity index is 1250. The van der Waals surface area contributed by atoms with Crippen LogP contribution < -0.4 is 14.8 Å². The Balaban J connectivity index is 1.38. The predicted molar refractivity (Wildman–Crippen MR) is 123 cm³/mol. The van der Waals surface area contributed by atoms with Gasteiger partial charge in [0.25, 0.3) is 0 Å². The maximum Gasteiger partial charge on any atom is 0.230 e. The van der Waals surface area contributed by atoms with Crippen LogP contribution in [0.5, 0.6) is 11.5 Å². The lowest BCUT2D eigenvalue weighted by Crippen LogP contribution is -2.14. The monoisotopic (exact) mass is 449 g/mol. The number of nitrogens with zero attached hydrogens (tertiary/aromatic N) is 1. The molecule has 0 bridgehead atoms. The molecule has 8 heteroatoms. The normalized spacial score (nSPS) is 10.7. The molecule has 2 N–H and O–H groups in total. The average molecular weight is 450 g/mol. The van der Waals surface area contributed by atoms with Gasteiger partial charge in [-0.05, 0) is 54.1 Å². The lowest BCUT2D eigenvalue weighted by molar-refractivity contribution is -0.115. The first kappa shape index (κ1) is 21.4. The van der Waals surface area contributed by atoms with Gasteiger partial charge in [0, 0.05) is 22.0 Å². The van der Waals surface area contributed by atoms with Crippen LogP contribution in [0.1, 0.15) is 15.9 Å². The molecule has 0 aliphatic carbocycles. The number of H-pyrrole nitrogens is 1. The zero-order chi connectivity index (χ0) is 22.5. The SMILES string of the molecule is COc1ccc(CC(=O)Nc2n[nH]c3cc(OCC(=O)c4ccc(Cl)cc4)ccc23)cc1. The second-order valence-electron chi connectivity index (χ2n) is 7.07. The maximum absolute atomic E-state index is 12.4. The Labute approximate surface area is 189 Å². The minimum atomic E-state index is -0.183. The zero-order valence-corrected chi connectivity index (χ0v) is 18.0. The third kappa shape index (κ3) is 5.07. The molecular weight excluding hydrogens is 430 g/mol. The topological polar surface area (TPSA) is 93.3 Å². The quantitative estimate of drug-likeness (QED) is 0.381. The van der Waals surface area contributed by atoms with E-state index in [0.717, 1.165) is 16.7 Å². The van der Waals surface area contributed by atoms with Crippen molar-refractivity contribution in [1.82, 2.24) is 10.2 Å². The molecule has 0 aliphatic heterocycles. The van der Waals surface area contributed by atoms with E-state index in [2.05, 4.69) is 15.5 Å². The Morgan fingerprint density at radius 2 is 1.72 bits per heavy atom. The summed E-state index contributed by atoms with van der Waals surface area (Å²) in [7, 11) is 1.60. The molecule has 0 saturated carbocycles. The minimum Gasteiger partial charge on any atom is -0.497 e. The van der Waals surface area contributed by atoms with Gasteiger partial charge < -0.3 is 14.8 Å². The number of hydrogen-bond donors (Lipinski definition) is 2. The van der Waals surface area contributed by atoms with Crippen molar-refractivity contribution >= 4 is 40.0 Å². The number of ether oxygens (including phenoxy) is 2. The molecule has 1 heterocycles. The van der Waals surface area contributed by atoms with Crippen molar-refractivity contribution in [3.63, 3.8) is 0 Å². The van der Waals surface area contributed by atoms with Crippen LogP contribution in [0, 0.1) is 0 Å². The van der Waals surface area contributed by atoms with Crippen molar-refractivity contribution in [2.45, 2.75) is 6.42 Å². The van der Waals surface area contributed by atoms with E-state index in [4.69, 9.17) is 21.1 Å². The van der Waals surface area contributed by atoms with E-state index >= 15 is 0 Å². The van der Waals surface area contributed by atoms with Gasteiger partial charge in [0.05, 0.1) is 19.0 Å². The first-order valence-electron chi connectivity index (χ1n) is 9.84. The zero-order valence-electron chi connectivity index (χ0n) is 17.2. The first-order valence-corrected chi connectivity index (χ1v) is 10.2. The van der Waals surface area contributed by atoms with Gasteiger partial charge in [-0.2, -0.15) is 5.10 Å². The van der Waals surface area contributed by atoms with Gasteiger partial charge in [0.2, 0.25) is 5.91 Å². The number of benzene rings is 3. The number of aromatic amines is 1. The summed E-state index contributed by atoms with van der Waals surface area (Å²) < 4.78 is 10.7. The van der Waals surface area contributed by atoms with Crippen LogP contribution in [-0.4, -0.2) is 35.6 Å². The summed E-state index contributed by atoms with van der Waals surface area (Å²) >= 11 is 5.85. The number of hydrogen-bond acceptors (Lipinski definition) is 5. The molecule has 0 unspecified atom stereocenters. The summed E-state index contributed by atoms with van der Waals surface area (Å²) in [6.45, 7) is -0.104. The van der Waals surface area contributed by atoms with Crippen molar-refractivity contribution in [2.75, 3.05) is 19.0 Å². The van der Waals surface area contributed by atoms with Gasteiger partial charge in [-0.25, -0.2) is 0 Å². The van der Waals surface area contributed by atoms with Crippen LogP contribution in [0.15, 0.2) is 66.7 Å². The molecule has 0 aliphatic rings. The lowest BCUT2D eigenvalue weighted by Gasteiger charge is -2.06. The molecule has 32 heavy (non-hydrogen) atoms. The van der Waals surface area contributed by atoms with Gasteiger partial charge >= 0.3 is 0 Å². The molecule has 4 rings (SSSR count). The standard InChI is InChI=1S/C24H20ClN3O4/c1-31-18-8-2-15(3-9-18)12-23(30)26-24-20-11-10-19(13-21(20)27-28-24)32-14-22(29)16-4-6-17(25)7-5-16/h2-11,13H,12,14H2,1H3,(H2,26,27,28,30). The molecule has 0 atom stereocenters. The number of rotatable bonds is 8. The number of amides is 1. The van der Waals surface area contributed by atoms with E-state index in [1.54, 1.807) is 49.6 Å². The number of carbonyl (C=O) groups is 2. The molecule has 1 aromatic heterocycles. The molecule has 1 amide bonds. The highest BCUT2D eigenvalue weighted by Crippen LogP contribution is 2.25. The second-order valence-corrected chi connectivity index (χ2v) is 7.51. The summed E-state index contributed by atoms with van der Waals surface area (Å²) in [6.07, 6.45) is 0.215. The Hall–Kier alpha value is -3.84. The van der Waals surface area contributed by atoms with Gasteiger partial charge in [-0.1, -0.05) is 23.7 Å². The first-order chi connectivity index (χ1) is 15.5. The number of anilines is 1. The molecule has 0 spiro atoms. The summed E-state index contributed by atoms with van der Waals surface area (Å²) in [5.41, 5.74) is 2.07. The number of fused-ring (bicyclic) bond motifs is 1. The molecule has 3 aromatic carbocycles. The smallest absolute Gasteiger partial charge is 0.230 e. The van der Waals surface area contributed by atoms with Crippen LogP contribution in [0.4, 0.5) is 5.82 Å². The average Bonchev–Trinajstić information content (AvgIpc) is 3.20. The number of nitrogens with one attached hydrogen (secondary N) is 2. The Morgan fingerprint density at radius 3 is 2.44 bits per heavy atom. The van der Waals surface area contributed by atoms with Crippen LogP contribution in [-0.2, 0) is 11.2 Å². The van der Waals surface area contributed by atoms with Gasteiger partial charge in [0.1, 0.15) is 11.5 Å².